The van der Waals surface area contributed by atoms with E-state index in [-0.39, 0.29) is 35.8 Å². The molecule has 0 bridgehead atoms. The molecule has 1 aromatic heterocycles. The average Bonchev–Trinajstić information content (AvgIpc) is 3.76. The van der Waals surface area contributed by atoms with E-state index in [4.69, 9.17) is 40.0 Å². The number of fused-ring (bicyclic) bond motifs is 2. The van der Waals surface area contributed by atoms with Gasteiger partial charge in [0, 0.05) is 98.3 Å². The van der Waals surface area contributed by atoms with Gasteiger partial charge in [0.25, 0.3) is 5.91 Å². The lowest BCUT2D eigenvalue weighted by atomic mass is 10.0. The number of nitrogens with one attached hydrogen (secondary N) is 4. The van der Waals surface area contributed by atoms with Gasteiger partial charge in [-0.15, -0.1) is 0 Å². The number of piperazine rings is 1. The Kier molecular flexibility index (Phi) is 21.1. The third-order valence-electron chi connectivity index (χ3n) is 13.8. The quantitative estimate of drug-likeness (QED) is 0.0307. The molecular weight excluding hydrogens is 1010 g/mol. The predicted molar refractivity (Wildman–Crippen MR) is 282 cm³/mol. The summed E-state index contributed by atoms with van der Waals surface area (Å²) < 4.78 is 47.5. The van der Waals surface area contributed by atoms with Gasteiger partial charge in [-0.2, -0.15) is 0 Å². The van der Waals surface area contributed by atoms with Crippen molar-refractivity contribution >= 4 is 69.0 Å². The number of nitrogens with zero attached hydrogens (tertiary/aromatic N) is 6. The number of imide groups is 1. The Morgan fingerprint density at radius 2 is 1.58 bits per heavy atom. The monoisotopic (exact) mass is 1070 g/mol. The maximum absolute atomic E-state index is 13.7. The average molecular weight is 1080 g/mol. The second-order valence-corrected chi connectivity index (χ2v) is 19.1. The van der Waals surface area contributed by atoms with Crippen molar-refractivity contribution in [3.63, 3.8) is 0 Å². The van der Waals surface area contributed by atoms with E-state index in [2.05, 4.69) is 45.9 Å². The highest BCUT2D eigenvalue weighted by Gasteiger charge is 2.40. The van der Waals surface area contributed by atoms with Crippen LogP contribution in [0.5, 0.6) is 5.75 Å². The number of hydrogen-bond donors (Lipinski definition) is 5. The number of benzene rings is 3. The van der Waals surface area contributed by atoms with Crippen LogP contribution in [0.3, 0.4) is 0 Å². The minimum atomic E-state index is -0.679. The van der Waals surface area contributed by atoms with Gasteiger partial charge in [0.15, 0.2) is 0 Å². The van der Waals surface area contributed by atoms with Crippen molar-refractivity contribution in [3.05, 3.63) is 89.0 Å². The number of carbonyl (C=O) groups is 4. The van der Waals surface area contributed by atoms with Crippen molar-refractivity contribution in [2.75, 3.05) is 141 Å². The molecule has 0 spiro atoms. The van der Waals surface area contributed by atoms with E-state index in [0.29, 0.717) is 131 Å². The first-order chi connectivity index (χ1) is 37.0. The highest BCUT2D eigenvalue weighted by atomic mass is 35.5. The lowest BCUT2D eigenvalue weighted by molar-refractivity contribution is -0.137. The van der Waals surface area contributed by atoms with Crippen LogP contribution in [-0.4, -0.2) is 202 Å². The van der Waals surface area contributed by atoms with E-state index in [1.807, 2.05) is 18.2 Å². The molecule has 23 heteroatoms. The van der Waals surface area contributed by atoms with Crippen LogP contribution in [0.1, 0.15) is 41.6 Å². The number of rotatable bonds is 28. The van der Waals surface area contributed by atoms with Crippen molar-refractivity contribution in [2.24, 2.45) is 0 Å². The number of methoxy groups -OCH3 is 1. The van der Waals surface area contributed by atoms with Crippen LogP contribution in [0.4, 0.5) is 27.3 Å². The predicted octanol–water partition coefficient (Wildman–Crippen LogP) is 4.03. The summed E-state index contributed by atoms with van der Waals surface area (Å²) in [4.78, 5) is 67.2. The summed E-state index contributed by atoms with van der Waals surface area (Å²) in [5, 5.41) is 23.1. The van der Waals surface area contributed by atoms with Gasteiger partial charge in [-0.25, -0.2) is 14.4 Å². The van der Waals surface area contributed by atoms with Crippen LogP contribution in [0.25, 0.3) is 10.9 Å². The zero-order chi connectivity index (χ0) is 53.2. The first-order valence-corrected chi connectivity index (χ1v) is 26.2. The third-order valence-corrected chi connectivity index (χ3v) is 14.1. The number of piperidine rings is 2. The Labute approximate surface area is 446 Å². The smallest absolute Gasteiger partial charge is 0.255 e. The molecule has 0 aliphatic carbocycles. The normalized spacial score (nSPS) is 18.3. The van der Waals surface area contributed by atoms with Crippen LogP contribution in [0.2, 0.25) is 5.02 Å². The van der Waals surface area contributed by atoms with E-state index in [1.165, 1.54) is 36.5 Å². The number of aliphatic hydroxyl groups excluding tert-OH is 1. The summed E-state index contributed by atoms with van der Waals surface area (Å²) in [6.45, 7) is 10.6. The molecular formula is C53H68ClFN10O11. The molecule has 76 heavy (non-hydrogen) atoms. The van der Waals surface area contributed by atoms with Crippen molar-refractivity contribution in [2.45, 2.75) is 50.5 Å². The molecule has 8 rings (SSSR count). The highest BCUT2D eigenvalue weighted by Crippen LogP contribution is 2.35. The standard InChI is InChI=1S/C53H68ClFN10O11/c1-71-47-32-44-39(51(58-35-57-44)59-36-7-8-42(55)41(54)30-36)31-45(47)60-48(66)6-3-14-62-15-11-37(12-16-62)63-17-19-64(20-18-63)50(68)34-76-29-28-75-27-26-74-25-24-73-23-22-72-21-13-56-43-5-2-4-38-40(43)33-65(53(38)70)46-9-10-49(67)61-52(46)69/h2-8,30-32,35,37,46,50,56,68H,9-29,33-34H2,1H3,(H,60,66)(H,57,58,59)(H,61,67,69)/b6-3+. The summed E-state index contributed by atoms with van der Waals surface area (Å²) in [5.41, 5.74) is 3.79. The summed E-state index contributed by atoms with van der Waals surface area (Å²) in [7, 11) is 1.52. The van der Waals surface area contributed by atoms with Gasteiger partial charge in [0.05, 0.1) is 89.4 Å². The largest absolute Gasteiger partial charge is 0.494 e. The van der Waals surface area contributed by atoms with Gasteiger partial charge in [-0.05, 0) is 68.8 Å². The van der Waals surface area contributed by atoms with Crippen molar-refractivity contribution in [1.82, 2.24) is 34.9 Å². The number of aromatic nitrogens is 2. The molecule has 5 heterocycles. The van der Waals surface area contributed by atoms with Crippen LogP contribution in [0, 0.1) is 5.82 Å². The fourth-order valence-electron chi connectivity index (χ4n) is 9.69. The van der Waals surface area contributed by atoms with Gasteiger partial charge in [-0.3, -0.25) is 39.2 Å². The Bertz CT molecular complexity index is 2640. The molecule has 3 fully saturated rings. The first kappa shape index (κ1) is 56.3. The Hall–Kier alpha value is -5.92. The maximum atomic E-state index is 13.7. The Morgan fingerprint density at radius 3 is 2.28 bits per heavy atom. The second kappa shape index (κ2) is 28.5. The molecule has 0 radical (unpaired) electrons. The van der Waals surface area contributed by atoms with E-state index < -0.39 is 24.0 Å². The topological polar surface area (TPSA) is 231 Å². The molecule has 2 unspecified atom stereocenters. The molecule has 4 aromatic rings. The molecule has 410 valence electrons. The third kappa shape index (κ3) is 15.6. The molecule has 0 saturated carbocycles. The fourth-order valence-corrected chi connectivity index (χ4v) is 9.88. The molecule has 2 atom stereocenters. The van der Waals surface area contributed by atoms with Crippen LogP contribution in [0.15, 0.2) is 67.0 Å². The molecule has 4 amide bonds. The number of likely N-dealkylation sites (tertiary alicyclic amines) is 1. The minimum absolute atomic E-state index is 0.0205. The number of aliphatic hydroxyl groups is 1. The van der Waals surface area contributed by atoms with Gasteiger partial charge in [0.2, 0.25) is 17.7 Å². The molecule has 5 N–H and O–H groups in total. The minimum Gasteiger partial charge on any atom is -0.494 e. The summed E-state index contributed by atoms with van der Waals surface area (Å²) >= 11 is 5.98. The molecule has 3 saturated heterocycles. The van der Waals surface area contributed by atoms with E-state index in [1.54, 1.807) is 24.3 Å². The fraction of sp³-hybridized carbons (Fsp3) is 0.509. The number of halogens is 2. The molecule has 21 nitrogen and oxygen atoms in total. The van der Waals surface area contributed by atoms with Crippen LogP contribution in [-0.2, 0) is 44.6 Å². The molecule has 3 aromatic carbocycles. The SMILES string of the molecule is COc1cc2ncnc(Nc3ccc(F)c(Cl)c3)c2cc1NC(=O)/C=C/CN1CCC(N2CCN(C(O)COCCOCCOCCOCCOCCNc3cccc4c3CN(C3CCC(=O)NC3=O)C4=O)CC2)CC1. The molecule has 4 aliphatic heterocycles. The lowest BCUT2D eigenvalue weighted by Gasteiger charge is -2.43. The second-order valence-electron chi connectivity index (χ2n) is 18.7. The number of amides is 4. The van der Waals surface area contributed by atoms with E-state index in [9.17, 15) is 28.7 Å². The zero-order valence-corrected chi connectivity index (χ0v) is 43.6. The van der Waals surface area contributed by atoms with Crippen molar-refractivity contribution in [3.8, 4) is 5.75 Å². The Morgan fingerprint density at radius 1 is 0.868 bits per heavy atom. The number of hydrogen-bond acceptors (Lipinski definition) is 18. The molecule has 4 aliphatic rings. The van der Waals surface area contributed by atoms with E-state index in [0.717, 1.165) is 63.4 Å². The van der Waals surface area contributed by atoms with Crippen LogP contribution < -0.4 is 26.0 Å². The summed E-state index contributed by atoms with van der Waals surface area (Å²) in [6, 6.07) is 13.0. The Balaban J connectivity index is 0.604. The van der Waals surface area contributed by atoms with Crippen LogP contribution >= 0.6 is 11.6 Å². The van der Waals surface area contributed by atoms with Gasteiger partial charge in [-0.1, -0.05) is 23.7 Å². The summed E-state index contributed by atoms with van der Waals surface area (Å²) in [6.07, 6.45) is 6.72. The summed E-state index contributed by atoms with van der Waals surface area (Å²) in [5.74, 6) is -0.874. The van der Waals surface area contributed by atoms with Gasteiger partial charge >= 0.3 is 0 Å². The maximum Gasteiger partial charge on any atom is 0.255 e. The number of anilines is 4. The highest BCUT2D eigenvalue weighted by molar-refractivity contribution is 6.31. The lowest BCUT2D eigenvalue weighted by Crippen LogP contribution is -2.55. The first-order valence-electron chi connectivity index (χ1n) is 25.8. The number of ether oxygens (including phenoxy) is 6. The number of carbonyl (C=O) groups excluding carboxylic acids is 4. The van der Waals surface area contributed by atoms with E-state index >= 15 is 0 Å². The van der Waals surface area contributed by atoms with Crippen molar-refractivity contribution in [1.29, 1.82) is 0 Å². The zero-order valence-electron chi connectivity index (χ0n) is 42.8. The van der Waals surface area contributed by atoms with Gasteiger partial charge in [0.1, 0.15) is 36.0 Å². The van der Waals surface area contributed by atoms with Gasteiger partial charge < -0.3 is 54.4 Å². The van der Waals surface area contributed by atoms with Crippen molar-refractivity contribution < 1.29 is 57.1 Å².